The molecule has 1 amide bonds. The summed E-state index contributed by atoms with van der Waals surface area (Å²) in [7, 11) is 4.46. The van der Waals surface area contributed by atoms with Crippen molar-refractivity contribution in [3.8, 4) is 0 Å². The Kier molecular flexibility index (Phi) is 25.5. The lowest BCUT2D eigenvalue weighted by molar-refractivity contribution is -0.890. The predicted molar refractivity (Wildman–Crippen MR) is 154 cm³/mol. The molecule has 0 spiro atoms. The van der Waals surface area contributed by atoms with Crippen LogP contribution in [0, 0.1) is 0 Å². The maximum atomic E-state index is 12.0. The van der Waals surface area contributed by atoms with Gasteiger partial charge in [0, 0.05) is 26.0 Å². The fourth-order valence-electron chi connectivity index (χ4n) is 4.65. The van der Waals surface area contributed by atoms with Gasteiger partial charge in [-0.2, -0.15) is 0 Å². The van der Waals surface area contributed by atoms with Gasteiger partial charge in [-0.25, -0.2) is 0 Å². The highest BCUT2D eigenvalue weighted by molar-refractivity contribution is 5.75. The summed E-state index contributed by atoms with van der Waals surface area (Å²) in [4.78, 5) is 12.0. The second-order valence-electron chi connectivity index (χ2n) is 11.3. The third-order valence-electron chi connectivity index (χ3n) is 7.10. The number of hydrogen-bond donors (Lipinski definition) is 2. The number of quaternary nitrogens is 1. The van der Waals surface area contributed by atoms with E-state index in [9.17, 15) is 4.79 Å². The number of carbonyl (C=O) groups is 1. The summed E-state index contributed by atoms with van der Waals surface area (Å²) < 4.78 is 0.965. The summed E-state index contributed by atoms with van der Waals surface area (Å²) in [5.41, 5.74) is 0. The molecule has 0 atom stereocenters. The van der Waals surface area contributed by atoms with Crippen LogP contribution < -0.4 is 5.32 Å². The quantitative estimate of drug-likeness (QED) is 0.0690. The van der Waals surface area contributed by atoms with Gasteiger partial charge in [0.05, 0.1) is 27.2 Å². The number of aliphatic hydroxyl groups is 1. The molecular formula is C31H63N2O2+. The third-order valence-corrected chi connectivity index (χ3v) is 7.10. The normalized spacial score (nSPS) is 12.0. The molecule has 2 N–H and O–H groups in total. The van der Waals surface area contributed by atoms with E-state index in [1.165, 1.54) is 103 Å². The van der Waals surface area contributed by atoms with Crippen LogP contribution >= 0.6 is 0 Å². The highest BCUT2D eigenvalue weighted by Gasteiger charge is 2.13. The zero-order valence-corrected chi connectivity index (χ0v) is 24.1. The largest absolute Gasteiger partial charge is 0.396 e. The van der Waals surface area contributed by atoms with E-state index in [1.54, 1.807) is 0 Å². The van der Waals surface area contributed by atoms with Gasteiger partial charge < -0.3 is 14.9 Å². The van der Waals surface area contributed by atoms with E-state index >= 15 is 0 Å². The lowest BCUT2D eigenvalue weighted by Gasteiger charge is -2.29. The first kappa shape index (κ1) is 34.1. The molecule has 0 aromatic rings. The molecule has 0 fully saturated rings. The average Bonchev–Trinajstić information content (AvgIpc) is 2.83. The zero-order valence-electron chi connectivity index (χ0n) is 24.1. The SMILES string of the molecule is CCCCCCCC/C=C\CCCCCCCCCCCC(=O)NCCC[N+](C)(C)CCCCO. The molecule has 0 heterocycles. The molecule has 0 aromatic carbocycles. The molecule has 0 saturated carbocycles. The first-order valence-corrected chi connectivity index (χ1v) is 15.4. The van der Waals surface area contributed by atoms with Crippen molar-refractivity contribution in [2.45, 2.75) is 142 Å². The standard InChI is InChI=1S/C31H62N2O2/c1-4-5-6-7-8-9-10-11-12-13-14-15-16-17-18-19-20-21-22-26-31(35)32-27-25-29-33(2,3)28-23-24-30-34/h11-12,34H,4-10,13-30H2,1-3H3/p+1/b12-11-. The Balaban J connectivity index is 3.32. The number of aliphatic hydroxyl groups excluding tert-OH is 1. The fraction of sp³-hybridized carbons (Fsp3) is 0.903. The van der Waals surface area contributed by atoms with Crippen LogP contribution in [0.25, 0.3) is 0 Å². The van der Waals surface area contributed by atoms with Crippen molar-refractivity contribution in [3.63, 3.8) is 0 Å². The summed E-state index contributed by atoms with van der Waals surface area (Å²) in [6.07, 6.45) is 31.0. The molecule has 0 rings (SSSR count). The van der Waals surface area contributed by atoms with Gasteiger partial charge in [-0.3, -0.25) is 4.79 Å². The van der Waals surface area contributed by atoms with Crippen LogP contribution in [0.4, 0.5) is 0 Å². The molecule has 4 heteroatoms. The maximum absolute atomic E-state index is 12.0. The molecular weight excluding hydrogens is 432 g/mol. The first-order valence-electron chi connectivity index (χ1n) is 15.4. The number of hydrogen-bond acceptors (Lipinski definition) is 2. The smallest absolute Gasteiger partial charge is 0.219 e. The van der Waals surface area contributed by atoms with Crippen molar-refractivity contribution in [3.05, 3.63) is 12.2 Å². The van der Waals surface area contributed by atoms with Crippen LogP contribution in [0.5, 0.6) is 0 Å². The topological polar surface area (TPSA) is 49.3 Å². The molecule has 0 aromatic heterocycles. The number of unbranched alkanes of at least 4 members (excludes halogenated alkanes) is 16. The molecule has 0 radical (unpaired) electrons. The van der Waals surface area contributed by atoms with Gasteiger partial charge >= 0.3 is 0 Å². The first-order chi connectivity index (χ1) is 17.0. The molecule has 0 unspecified atom stereocenters. The minimum atomic E-state index is 0.219. The van der Waals surface area contributed by atoms with E-state index in [4.69, 9.17) is 5.11 Å². The zero-order chi connectivity index (χ0) is 25.9. The van der Waals surface area contributed by atoms with E-state index in [0.29, 0.717) is 6.42 Å². The summed E-state index contributed by atoms with van der Waals surface area (Å²) in [6, 6.07) is 0. The van der Waals surface area contributed by atoms with E-state index in [1.807, 2.05) is 0 Å². The Morgan fingerprint density at radius 3 is 1.69 bits per heavy atom. The van der Waals surface area contributed by atoms with E-state index in [0.717, 1.165) is 49.8 Å². The van der Waals surface area contributed by atoms with Gasteiger partial charge in [0.1, 0.15) is 0 Å². The lowest BCUT2D eigenvalue weighted by atomic mass is 10.1. The Morgan fingerprint density at radius 1 is 0.657 bits per heavy atom. The van der Waals surface area contributed by atoms with Crippen molar-refractivity contribution in [2.75, 3.05) is 40.3 Å². The number of rotatable bonds is 27. The summed E-state index contributed by atoms with van der Waals surface area (Å²) >= 11 is 0. The maximum Gasteiger partial charge on any atom is 0.219 e. The van der Waals surface area contributed by atoms with Gasteiger partial charge in [0.15, 0.2) is 0 Å². The van der Waals surface area contributed by atoms with Crippen LogP contribution in [0.1, 0.15) is 142 Å². The number of nitrogens with zero attached hydrogens (tertiary/aromatic N) is 1. The summed E-state index contributed by atoms with van der Waals surface area (Å²) in [5, 5.41) is 12.0. The van der Waals surface area contributed by atoms with Crippen molar-refractivity contribution < 1.29 is 14.4 Å². The fourth-order valence-corrected chi connectivity index (χ4v) is 4.65. The Hall–Kier alpha value is -0.870. The number of amides is 1. The minimum absolute atomic E-state index is 0.219. The van der Waals surface area contributed by atoms with Crippen LogP contribution in [0.2, 0.25) is 0 Å². The van der Waals surface area contributed by atoms with Crippen LogP contribution in [0.15, 0.2) is 12.2 Å². The van der Waals surface area contributed by atoms with Crippen LogP contribution in [-0.4, -0.2) is 55.8 Å². The monoisotopic (exact) mass is 495 g/mol. The number of carbonyl (C=O) groups excluding carboxylic acids is 1. The van der Waals surface area contributed by atoms with Crippen molar-refractivity contribution >= 4 is 5.91 Å². The summed E-state index contributed by atoms with van der Waals surface area (Å²) in [6.45, 7) is 5.51. The molecule has 208 valence electrons. The Labute approximate surface area is 219 Å². The van der Waals surface area contributed by atoms with E-state index in [2.05, 4.69) is 38.5 Å². The number of nitrogens with one attached hydrogen (secondary N) is 1. The van der Waals surface area contributed by atoms with Gasteiger partial charge in [-0.1, -0.05) is 96.1 Å². The molecule has 0 aliphatic rings. The summed E-state index contributed by atoms with van der Waals surface area (Å²) in [5.74, 6) is 0.219. The number of allylic oxidation sites excluding steroid dienone is 2. The molecule has 0 aliphatic carbocycles. The van der Waals surface area contributed by atoms with Crippen molar-refractivity contribution in [2.24, 2.45) is 0 Å². The van der Waals surface area contributed by atoms with Gasteiger partial charge in [-0.15, -0.1) is 0 Å². The van der Waals surface area contributed by atoms with Gasteiger partial charge in [0.25, 0.3) is 0 Å². The van der Waals surface area contributed by atoms with Gasteiger partial charge in [-0.05, 0) is 44.9 Å². The van der Waals surface area contributed by atoms with Gasteiger partial charge in [0.2, 0.25) is 5.91 Å². The molecule has 4 nitrogen and oxygen atoms in total. The van der Waals surface area contributed by atoms with E-state index in [-0.39, 0.29) is 12.5 Å². The Morgan fingerprint density at radius 2 is 1.14 bits per heavy atom. The molecule has 35 heavy (non-hydrogen) atoms. The molecule has 0 bridgehead atoms. The second kappa shape index (κ2) is 26.2. The van der Waals surface area contributed by atoms with Crippen molar-refractivity contribution in [1.82, 2.24) is 5.32 Å². The van der Waals surface area contributed by atoms with Crippen LogP contribution in [-0.2, 0) is 4.79 Å². The predicted octanol–water partition coefficient (Wildman–Crippen LogP) is 7.94. The van der Waals surface area contributed by atoms with Crippen LogP contribution in [0.3, 0.4) is 0 Å². The third kappa shape index (κ3) is 27.6. The second-order valence-corrected chi connectivity index (χ2v) is 11.3. The highest BCUT2D eigenvalue weighted by Crippen LogP contribution is 2.12. The van der Waals surface area contributed by atoms with Crippen molar-refractivity contribution in [1.29, 1.82) is 0 Å². The Bertz CT molecular complexity index is 477. The highest BCUT2D eigenvalue weighted by atomic mass is 16.2. The minimum Gasteiger partial charge on any atom is -0.396 e. The average molecular weight is 496 g/mol. The lowest BCUT2D eigenvalue weighted by Crippen LogP contribution is -2.42. The molecule has 0 aliphatic heterocycles. The van der Waals surface area contributed by atoms with E-state index < -0.39 is 0 Å². The molecule has 0 saturated heterocycles.